The molecule has 3 nitrogen and oxygen atoms in total. The predicted octanol–water partition coefficient (Wildman–Crippen LogP) is 1.65. The number of imidazole rings is 1. The summed E-state index contributed by atoms with van der Waals surface area (Å²) in [6, 6.07) is 0. The van der Waals surface area contributed by atoms with E-state index in [0.717, 1.165) is 22.7 Å². The molecule has 62 valence electrons. The molecule has 0 saturated heterocycles. The number of nitrogens with zero attached hydrogens (tertiary/aromatic N) is 3. The maximum Gasteiger partial charge on any atom is 0.110 e. The monoisotopic (exact) mass is 161 g/mol. The topological polar surface area (TPSA) is 30.2 Å². The molecule has 0 radical (unpaired) electrons. The van der Waals surface area contributed by atoms with E-state index in [-0.39, 0.29) is 0 Å². The van der Waals surface area contributed by atoms with E-state index in [1.807, 2.05) is 33.2 Å². The highest BCUT2D eigenvalue weighted by atomic mass is 15.0. The number of hydrogen-bond donors (Lipinski definition) is 0. The van der Waals surface area contributed by atoms with E-state index < -0.39 is 0 Å². The van der Waals surface area contributed by atoms with Crippen LogP contribution in [0.5, 0.6) is 0 Å². The molecular formula is C9H11N3. The van der Waals surface area contributed by atoms with Crippen molar-refractivity contribution in [2.45, 2.75) is 20.8 Å². The molecule has 0 aliphatic rings. The Kier molecular flexibility index (Phi) is 1.40. The van der Waals surface area contributed by atoms with Crippen molar-refractivity contribution in [3.05, 3.63) is 29.6 Å². The van der Waals surface area contributed by atoms with Crippen molar-refractivity contribution < 1.29 is 0 Å². The number of aryl methyl sites for hydroxylation is 3. The molecule has 0 unspecified atom stereocenters. The lowest BCUT2D eigenvalue weighted by Crippen LogP contribution is -1.93. The highest BCUT2D eigenvalue weighted by molar-refractivity contribution is 5.51. The molecule has 0 saturated carbocycles. The van der Waals surface area contributed by atoms with E-state index in [9.17, 15) is 0 Å². The first-order valence-corrected chi connectivity index (χ1v) is 3.96. The van der Waals surface area contributed by atoms with Gasteiger partial charge < -0.3 is 0 Å². The fraction of sp³-hybridized carbons (Fsp3) is 0.333. The molecule has 2 aromatic rings. The van der Waals surface area contributed by atoms with Crippen LogP contribution in [-0.2, 0) is 0 Å². The minimum Gasteiger partial charge on any atom is -0.298 e. The second kappa shape index (κ2) is 2.30. The lowest BCUT2D eigenvalue weighted by Gasteiger charge is -1.99. The van der Waals surface area contributed by atoms with Gasteiger partial charge in [0.05, 0.1) is 17.4 Å². The second-order valence-electron chi connectivity index (χ2n) is 3.01. The van der Waals surface area contributed by atoms with Gasteiger partial charge in [0.2, 0.25) is 0 Å². The fourth-order valence-corrected chi connectivity index (χ4v) is 1.56. The van der Waals surface area contributed by atoms with Gasteiger partial charge in [0, 0.05) is 11.9 Å². The zero-order chi connectivity index (χ0) is 8.72. The van der Waals surface area contributed by atoms with Crippen molar-refractivity contribution >= 4 is 5.52 Å². The lowest BCUT2D eigenvalue weighted by molar-refractivity contribution is 0.974. The first kappa shape index (κ1) is 7.28. The molecule has 0 amide bonds. The summed E-state index contributed by atoms with van der Waals surface area (Å²) in [5, 5.41) is 0. The zero-order valence-corrected chi connectivity index (χ0v) is 7.50. The molecule has 2 aromatic heterocycles. The van der Waals surface area contributed by atoms with Crippen LogP contribution in [0.2, 0.25) is 0 Å². The van der Waals surface area contributed by atoms with Gasteiger partial charge in [0.1, 0.15) is 5.82 Å². The van der Waals surface area contributed by atoms with E-state index in [4.69, 9.17) is 0 Å². The molecular weight excluding hydrogens is 150 g/mol. The van der Waals surface area contributed by atoms with Crippen LogP contribution in [-0.4, -0.2) is 14.4 Å². The van der Waals surface area contributed by atoms with Crippen molar-refractivity contribution in [3.8, 4) is 0 Å². The molecule has 3 heteroatoms. The SMILES string of the molecule is Cc1nc(C)n2c(C)cncc12. The Balaban J connectivity index is 2.99. The van der Waals surface area contributed by atoms with Gasteiger partial charge in [-0.25, -0.2) is 4.98 Å². The van der Waals surface area contributed by atoms with Crippen LogP contribution in [0.15, 0.2) is 12.4 Å². The molecule has 0 atom stereocenters. The van der Waals surface area contributed by atoms with E-state index in [1.54, 1.807) is 0 Å². The maximum atomic E-state index is 4.37. The van der Waals surface area contributed by atoms with E-state index in [0.29, 0.717) is 0 Å². The highest BCUT2D eigenvalue weighted by Crippen LogP contribution is 2.12. The predicted molar refractivity (Wildman–Crippen MR) is 47.2 cm³/mol. The Hall–Kier alpha value is -1.38. The summed E-state index contributed by atoms with van der Waals surface area (Å²) in [5.41, 5.74) is 3.28. The number of rotatable bonds is 0. The van der Waals surface area contributed by atoms with Crippen LogP contribution in [0.25, 0.3) is 5.52 Å². The van der Waals surface area contributed by atoms with Gasteiger partial charge in [0.25, 0.3) is 0 Å². The van der Waals surface area contributed by atoms with Crippen LogP contribution in [0, 0.1) is 20.8 Å². The Labute approximate surface area is 71.1 Å². The molecule has 0 fully saturated rings. The molecule has 0 aliphatic heterocycles. The van der Waals surface area contributed by atoms with E-state index in [2.05, 4.69) is 14.4 Å². The molecule has 0 aromatic carbocycles. The van der Waals surface area contributed by atoms with Crippen LogP contribution in [0.3, 0.4) is 0 Å². The summed E-state index contributed by atoms with van der Waals surface area (Å²) in [4.78, 5) is 8.50. The van der Waals surface area contributed by atoms with Crippen LogP contribution in [0.4, 0.5) is 0 Å². The number of hydrogen-bond acceptors (Lipinski definition) is 2. The highest BCUT2D eigenvalue weighted by Gasteiger charge is 2.04. The normalized spacial score (nSPS) is 10.9. The standard InChI is InChI=1S/C9H11N3/c1-6-4-10-5-9-7(2)11-8(3)12(6)9/h4-5H,1-3H3. The summed E-state index contributed by atoms with van der Waals surface area (Å²) in [7, 11) is 0. The van der Waals surface area contributed by atoms with Crippen LogP contribution >= 0.6 is 0 Å². The summed E-state index contributed by atoms with van der Waals surface area (Å²) in [5.74, 6) is 1.03. The van der Waals surface area contributed by atoms with Crippen molar-refractivity contribution in [3.63, 3.8) is 0 Å². The molecule has 0 aliphatic carbocycles. The molecule has 2 heterocycles. The smallest absolute Gasteiger partial charge is 0.110 e. The first-order valence-electron chi connectivity index (χ1n) is 3.96. The Morgan fingerprint density at radius 3 is 2.58 bits per heavy atom. The fourth-order valence-electron chi connectivity index (χ4n) is 1.56. The lowest BCUT2D eigenvalue weighted by atomic mass is 10.4. The third kappa shape index (κ3) is 0.826. The molecule has 0 spiro atoms. The number of aromatic nitrogens is 3. The summed E-state index contributed by atoms with van der Waals surface area (Å²) >= 11 is 0. The molecule has 2 rings (SSSR count). The Morgan fingerprint density at radius 2 is 1.92 bits per heavy atom. The summed E-state index contributed by atoms with van der Waals surface area (Å²) in [6.07, 6.45) is 3.70. The van der Waals surface area contributed by atoms with E-state index >= 15 is 0 Å². The molecule has 0 bridgehead atoms. The number of fused-ring (bicyclic) bond motifs is 1. The Morgan fingerprint density at radius 1 is 1.17 bits per heavy atom. The van der Waals surface area contributed by atoms with Gasteiger partial charge >= 0.3 is 0 Å². The quantitative estimate of drug-likeness (QED) is 0.588. The average Bonchev–Trinajstić information content (AvgIpc) is 2.29. The van der Waals surface area contributed by atoms with Gasteiger partial charge in [-0.2, -0.15) is 0 Å². The van der Waals surface area contributed by atoms with Gasteiger partial charge in [-0.3, -0.25) is 9.38 Å². The average molecular weight is 161 g/mol. The molecule has 0 N–H and O–H groups in total. The largest absolute Gasteiger partial charge is 0.298 e. The zero-order valence-electron chi connectivity index (χ0n) is 7.50. The van der Waals surface area contributed by atoms with Gasteiger partial charge in [-0.05, 0) is 20.8 Å². The van der Waals surface area contributed by atoms with Gasteiger partial charge in [-0.15, -0.1) is 0 Å². The third-order valence-corrected chi connectivity index (χ3v) is 2.08. The van der Waals surface area contributed by atoms with Crippen molar-refractivity contribution in [1.82, 2.24) is 14.4 Å². The summed E-state index contributed by atoms with van der Waals surface area (Å²) < 4.78 is 2.11. The van der Waals surface area contributed by atoms with Crippen LogP contribution in [0.1, 0.15) is 17.2 Å². The second-order valence-corrected chi connectivity index (χ2v) is 3.01. The van der Waals surface area contributed by atoms with Crippen molar-refractivity contribution in [2.75, 3.05) is 0 Å². The van der Waals surface area contributed by atoms with E-state index in [1.165, 1.54) is 0 Å². The minimum atomic E-state index is 1.03. The minimum absolute atomic E-state index is 1.03. The maximum absolute atomic E-state index is 4.37. The first-order chi connectivity index (χ1) is 5.70. The molecule has 12 heavy (non-hydrogen) atoms. The Bertz CT molecular complexity index is 429. The summed E-state index contributed by atoms with van der Waals surface area (Å²) in [6.45, 7) is 6.05. The van der Waals surface area contributed by atoms with Crippen molar-refractivity contribution in [1.29, 1.82) is 0 Å². The van der Waals surface area contributed by atoms with Crippen molar-refractivity contribution in [2.24, 2.45) is 0 Å². The van der Waals surface area contributed by atoms with Gasteiger partial charge in [-0.1, -0.05) is 0 Å². The van der Waals surface area contributed by atoms with Gasteiger partial charge in [0.15, 0.2) is 0 Å². The third-order valence-electron chi connectivity index (χ3n) is 2.08. The van der Waals surface area contributed by atoms with Crippen LogP contribution < -0.4 is 0 Å².